The average Bonchev–Trinajstić information content (AvgIpc) is 3.23. The summed E-state index contributed by atoms with van der Waals surface area (Å²) in [7, 11) is 1.36. The number of methoxy groups -OCH3 is 1. The first-order valence-corrected chi connectivity index (χ1v) is 12.9. The van der Waals surface area contributed by atoms with Gasteiger partial charge in [0.05, 0.1) is 25.5 Å². The first-order valence-electron chi connectivity index (χ1n) is 12.9. The number of amides is 1. The summed E-state index contributed by atoms with van der Waals surface area (Å²) >= 11 is 0. The molecule has 3 aromatic rings. The Balaban J connectivity index is 1.12. The highest BCUT2D eigenvalue weighted by Gasteiger charge is 2.36. The van der Waals surface area contributed by atoms with Crippen LogP contribution in [0.5, 0.6) is 11.5 Å². The van der Waals surface area contributed by atoms with Crippen molar-refractivity contribution in [1.29, 1.82) is 0 Å². The quantitative estimate of drug-likeness (QED) is 0.474. The summed E-state index contributed by atoms with van der Waals surface area (Å²) < 4.78 is 46.6. The van der Waals surface area contributed by atoms with Crippen LogP contribution in [-0.2, 0) is 16.1 Å². The fraction of sp³-hybridized carbons (Fsp3) is 0.393. The van der Waals surface area contributed by atoms with Gasteiger partial charge in [-0.25, -0.2) is 13.8 Å². The second kappa shape index (κ2) is 10.5. The van der Waals surface area contributed by atoms with E-state index in [0.717, 1.165) is 5.69 Å². The van der Waals surface area contributed by atoms with E-state index in [0.29, 0.717) is 56.5 Å². The van der Waals surface area contributed by atoms with E-state index in [-0.39, 0.29) is 58.8 Å². The SMILES string of the molecule is COc1ccc2c(F)cc3c(c2c1F)C(CN1CCO[C@@H](CNCc2ccc4c(n2)NC(=O)CO4)C1)CC3=O. The van der Waals surface area contributed by atoms with Gasteiger partial charge in [0.1, 0.15) is 5.82 Å². The molecule has 1 unspecified atom stereocenters. The van der Waals surface area contributed by atoms with Crippen LogP contribution < -0.4 is 20.1 Å². The van der Waals surface area contributed by atoms with Gasteiger partial charge in [-0.1, -0.05) is 0 Å². The molecule has 2 aromatic carbocycles. The number of hydrogen-bond acceptors (Lipinski definition) is 8. The van der Waals surface area contributed by atoms with Crippen molar-refractivity contribution in [2.45, 2.75) is 25.0 Å². The number of rotatable bonds is 7. The molecular weight excluding hydrogens is 510 g/mol. The van der Waals surface area contributed by atoms with Gasteiger partial charge in [-0.2, -0.15) is 0 Å². The van der Waals surface area contributed by atoms with Crippen molar-refractivity contribution >= 4 is 28.3 Å². The van der Waals surface area contributed by atoms with E-state index in [4.69, 9.17) is 14.2 Å². The number of Topliss-reactive ketones (excluding diaryl/α,β-unsaturated/α-hetero) is 1. The lowest BCUT2D eigenvalue weighted by molar-refractivity contribution is -0.118. The largest absolute Gasteiger partial charge is 0.494 e. The maximum Gasteiger partial charge on any atom is 0.263 e. The van der Waals surface area contributed by atoms with E-state index < -0.39 is 11.6 Å². The zero-order valence-corrected chi connectivity index (χ0v) is 21.4. The predicted octanol–water partition coefficient (Wildman–Crippen LogP) is 3.01. The molecule has 6 rings (SSSR count). The average molecular weight is 539 g/mol. The summed E-state index contributed by atoms with van der Waals surface area (Å²) in [4.78, 5) is 31.0. The van der Waals surface area contributed by atoms with E-state index in [2.05, 4.69) is 20.5 Å². The van der Waals surface area contributed by atoms with E-state index >= 15 is 4.39 Å². The molecule has 39 heavy (non-hydrogen) atoms. The molecule has 204 valence electrons. The Labute approximate surface area is 223 Å². The molecule has 1 amide bonds. The molecule has 9 nitrogen and oxygen atoms in total. The van der Waals surface area contributed by atoms with Crippen LogP contribution in [0.1, 0.15) is 34.0 Å². The fourth-order valence-corrected chi connectivity index (χ4v) is 5.69. The van der Waals surface area contributed by atoms with Crippen molar-refractivity contribution in [3.63, 3.8) is 0 Å². The number of anilines is 1. The molecule has 2 atom stereocenters. The zero-order valence-electron chi connectivity index (χ0n) is 21.4. The van der Waals surface area contributed by atoms with Gasteiger partial charge in [0.15, 0.2) is 35.5 Å². The Hall–Kier alpha value is -3.67. The lowest BCUT2D eigenvalue weighted by Crippen LogP contribution is -2.47. The van der Waals surface area contributed by atoms with Crippen molar-refractivity contribution < 1.29 is 32.6 Å². The van der Waals surface area contributed by atoms with Crippen LogP contribution in [0.3, 0.4) is 0 Å². The number of nitrogens with one attached hydrogen (secondary N) is 2. The molecular formula is C28H28F2N4O5. The van der Waals surface area contributed by atoms with Crippen LogP contribution in [0.2, 0.25) is 0 Å². The van der Waals surface area contributed by atoms with Crippen molar-refractivity contribution in [3.05, 3.63) is 58.8 Å². The Morgan fingerprint density at radius 3 is 2.95 bits per heavy atom. The third kappa shape index (κ3) is 4.93. The second-order valence-electron chi connectivity index (χ2n) is 10.0. The van der Waals surface area contributed by atoms with Gasteiger partial charge in [0, 0.05) is 61.4 Å². The summed E-state index contributed by atoms with van der Waals surface area (Å²) in [6, 6.07) is 7.77. The maximum atomic E-state index is 15.4. The molecule has 2 aliphatic heterocycles. The number of hydrogen-bond donors (Lipinski definition) is 2. The van der Waals surface area contributed by atoms with Gasteiger partial charge in [0.2, 0.25) is 0 Å². The van der Waals surface area contributed by atoms with Gasteiger partial charge in [0.25, 0.3) is 5.91 Å². The number of aromatic nitrogens is 1. The Morgan fingerprint density at radius 2 is 2.10 bits per heavy atom. The van der Waals surface area contributed by atoms with E-state index in [1.807, 2.05) is 6.07 Å². The molecule has 1 fully saturated rings. The van der Waals surface area contributed by atoms with Crippen LogP contribution >= 0.6 is 0 Å². The number of carbonyl (C=O) groups excluding carboxylic acids is 2. The molecule has 0 radical (unpaired) electrons. The van der Waals surface area contributed by atoms with Gasteiger partial charge >= 0.3 is 0 Å². The van der Waals surface area contributed by atoms with Gasteiger partial charge in [-0.05, 0) is 35.9 Å². The topological polar surface area (TPSA) is 102 Å². The number of ketones is 1. The lowest BCUT2D eigenvalue weighted by atomic mass is 9.93. The monoisotopic (exact) mass is 538 g/mol. The zero-order chi connectivity index (χ0) is 27.1. The first kappa shape index (κ1) is 25.6. The molecule has 1 aromatic heterocycles. The van der Waals surface area contributed by atoms with Crippen molar-refractivity contribution in [1.82, 2.24) is 15.2 Å². The Morgan fingerprint density at radius 1 is 1.23 bits per heavy atom. The lowest BCUT2D eigenvalue weighted by Gasteiger charge is -2.34. The minimum absolute atomic E-state index is 0.0152. The minimum Gasteiger partial charge on any atom is -0.494 e. The van der Waals surface area contributed by atoms with Gasteiger partial charge in [-0.3, -0.25) is 14.5 Å². The highest BCUT2D eigenvalue weighted by Crippen LogP contribution is 2.42. The number of carbonyl (C=O) groups is 2. The molecule has 2 N–H and O–H groups in total. The molecule has 3 heterocycles. The number of benzene rings is 2. The molecule has 0 saturated carbocycles. The predicted molar refractivity (Wildman–Crippen MR) is 138 cm³/mol. The highest BCUT2D eigenvalue weighted by molar-refractivity contribution is 6.07. The minimum atomic E-state index is -0.642. The van der Waals surface area contributed by atoms with Crippen molar-refractivity contribution in [2.75, 3.05) is 51.8 Å². The van der Waals surface area contributed by atoms with Crippen molar-refractivity contribution in [2.24, 2.45) is 0 Å². The number of fused-ring (bicyclic) bond motifs is 4. The van der Waals surface area contributed by atoms with Crippen LogP contribution in [0.4, 0.5) is 14.6 Å². The fourth-order valence-electron chi connectivity index (χ4n) is 5.69. The molecule has 0 spiro atoms. The second-order valence-corrected chi connectivity index (χ2v) is 10.0. The van der Waals surface area contributed by atoms with E-state index in [1.54, 1.807) is 6.07 Å². The molecule has 0 bridgehead atoms. The Bertz CT molecular complexity index is 1470. The molecule has 3 aliphatic rings. The van der Waals surface area contributed by atoms with E-state index in [1.165, 1.54) is 25.3 Å². The highest BCUT2D eigenvalue weighted by atomic mass is 19.1. The van der Waals surface area contributed by atoms with Gasteiger partial charge < -0.3 is 24.8 Å². The third-order valence-electron chi connectivity index (χ3n) is 7.47. The summed E-state index contributed by atoms with van der Waals surface area (Å²) in [5.41, 5.74) is 1.57. The first-order chi connectivity index (χ1) is 18.9. The summed E-state index contributed by atoms with van der Waals surface area (Å²) in [6.45, 7) is 3.38. The number of pyridine rings is 1. The number of nitrogens with zero attached hydrogens (tertiary/aromatic N) is 2. The van der Waals surface area contributed by atoms with Crippen LogP contribution in [-0.4, -0.2) is 74.2 Å². The van der Waals surface area contributed by atoms with Crippen molar-refractivity contribution in [3.8, 4) is 11.5 Å². The van der Waals surface area contributed by atoms with Crippen LogP contribution in [0.25, 0.3) is 10.8 Å². The third-order valence-corrected chi connectivity index (χ3v) is 7.47. The summed E-state index contributed by atoms with van der Waals surface area (Å²) in [6.07, 6.45) is 0.104. The standard InChI is InChI=1S/C28H28F2N4O5/c1-37-22-5-3-18-20(29)9-19-21(35)8-15(25(19)26(18)27(22)30)12-34-6-7-38-17(13-34)11-31-10-16-2-4-23-28(32-16)33-24(36)14-39-23/h2-5,9,15,17,31H,6-8,10-14H2,1H3,(H,32,33,36)/t15?,17-/m0/s1. The number of halogens is 2. The van der Waals surface area contributed by atoms with E-state index in [9.17, 15) is 14.0 Å². The summed E-state index contributed by atoms with van der Waals surface area (Å²) in [5, 5.41) is 6.34. The maximum absolute atomic E-state index is 15.4. The normalized spacial score (nSPS) is 20.9. The van der Waals surface area contributed by atoms with Crippen LogP contribution in [0.15, 0.2) is 30.3 Å². The van der Waals surface area contributed by atoms with Gasteiger partial charge in [-0.15, -0.1) is 0 Å². The molecule has 1 aliphatic carbocycles. The van der Waals surface area contributed by atoms with Crippen LogP contribution in [0, 0.1) is 11.6 Å². The Kier molecular flexibility index (Phi) is 6.88. The molecule has 1 saturated heterocycles. The summed E-state index contributed by atoms with van der Waals surface area (Å²) in [5.74, 6) is -0.943. The molecule has 11 heteroatoms. The smallest absolute Gasteiger partial charge is 0.263 e. The number of ether oxygens (including phenoxy) is 3. The number of morpholine rings is 1.